The minimum absolute atomic E-state index is 0.105. The van der Waals surface area contributed by atoms with E-state index in [0.717, 1.165) is 11.9 Å². The van der Waals surface area contributed by atoms with Crippen LogP contribution < -0.4 is 10.2 Å². The molecular formula is C18H20N2O5S. The Morgan fingerprint density at radius 1 is 1.00 bits per heavy atom. The van der Waals surface area contributed by atoms with Crippen LogP contribution in [0.25, 0.3) is 0 Å². The van der Waals surface area contributed by atoms with Crippen LogP contribution in [0, 0.1) is 0 Å². The standard InChI is InChI=1S/C18H20N2O5S/c1-20(2)15-8-6-14(7-9-15)19-17(21)12-25-18(22)13-4-10-16(11-5-13)26(3,23)24/h4-11H,12H2,1-3H3,(H,19,21). The number of ether oxygens (including phenoxy) is 1. The number of sulfone groups is 1. The average Bonchev–Trinajstić information content (AvgIpc) is 2.59. The molecule has 0 aliphatic rings. The average molecular weight is 376 g/mol. The molecule has 0 aliphatic heterocycles. The molecule has 0 heterocycles. The first-order chi connectivity index (χ1) is 12.2. The number of amides is 1. The lowest BCUT2D eigenvalue weighted by molar-refractivity contribution is -0.119. The summed E-state index contributed by atoms with van der Waals surface area (Å²) in [4.78, 5) is 25.8. The Bertz CT molecular complexity index is 888. The minimum atomic E-state index is -3.33. The topological polar surface area (TPSA) is 92.8 Å². The number of rotatable bonds is 6. The highest BCUT2D eigenvalue weighted by atomic mass is 32.2. The van der Waals surface area contributed by atoms with Gasteiger partial charge in [0.15, 0.2) is 16.4 Å². The normalized spacial score (nSPS) is 10.9. The van der Waals surface area contributed by atoms with E-state index in [0.29, 0.717) is 5.69 Å². The van der Waals surface area contributed by atoms with E-state index in [4.69, 9.17) is 4.74 Å². The van der Waals surface area contributed by atoms with Crippen molar-refractivity contribution in [3.8, 4) is 0 Å². The van der Waals surface area contributed by atoms with E-state index >= 15 is 0 Å². The largest absolute Gasteiger partial charge is 0.452 e. The van der Waals surface area contributed by atoms with Crippen LogP contribution in [-0.2, 0) is 19.4 Å². The van der Waals surface area contributed by atoms with Crippen molar-refractivity contribution in [3.63, 3.8) is 0 Å². The fraction of sp³-hybridized carbons (Fsp3) is 0.222. The van der Waals surface area contributed by atoms with E-state index in [1.807, 2.05) is 31.1 Å². The van der Waals surface area contributed by atoms with Crippen molar-refractivity contribution in [1.82, 2.24) is 0 Å². The van der Waals surface area contributed by atoms with Crippen molar-refractivity contribution in [3.05, 3.63) is 54.1 Å². The number of hydrogen-bond donors (Lipinski definition) is 1. The van der Waals surface area contributed by atoms with Gasteiger partial charge in [-0.15, -0.1) is 0 Å². The molecule has 2 aromatic carbocycles. The molecule has 8 heteroatoms. The first-order valence-electron chi connectivity index (χ1n) is 7.71. The third-order valence-electron chi connectivity index (χ3n) is 3.52. The Balaban J connectivity index is 1.89. The summed E-state index contributed by atoms with van der Waals surface area (Å²) in [6.07, 6.45) is 1.08. The van der Waals surface area contributed by atoms with Gasteiger partial charge in [-0.2, -0.15) is 0 Å². The molecule has 0 radical (unpaired) electrons. The monoisotopic (exact) mass is 376 g/mol. The molecule has 0 saturated heterocycles. The Labute approximate surface area is 152 Å². The van der Waals surface area contributed by atoms with Gasteiger partial charge in [0, 0.05) is 31.7 Å². The lowest BCUT2D eigenvalue weighted by Crippen LogP contribution is -2.21. The zero-order chi connectivity index (χ0) is 19.3. The van der Waals surface area contributed by atoms with E-state index in [1.54, 1.807) is 12.1 Å². The SMILES string of the molecule is CN(C)c1ccc(NC(=O)COC(=O)c2ccc(S(C)(=O)=O)cc2)cc1. The summed E-state index contributed by atoms with van der Waals surface area (Å²) >= 11 is 0. The number of hydrogen-bond acceptors (Lipinski definition) is 6. The maximum atomic E-state index is 11.9. The molecule has 0 aromatic heterocycles. The third kappa shape index (κ3) is 5.32. The second-order valence-corrected chi connectivity index (χ2v) is 7.88. The lowest BCUT2D eigenvalue weighted by atomic mass is 10.2. The highest BCUT2D eigenvalue weighted by Gasteiger charge is 2.12. The molecule has 0 unspecified atom stereocenters. The van der Waals surface area contributed by atoms with E-state index in [1.165, 1.54) is 24.3 Å². The minimum Gasteiger partial charge on any atom is -0.452 e. The van der Waals surface area contributed by atoms with Gasteiger partial charge in [-0.25, -0.2) is 13.2 Å². The molecular weight excluding hydrogens is 356 g/mol. The van der Waals surface area contributed by atoms with Crippen molar-refractivity contribution < 1.29 is 22.7 Å². The van der Waals surface area contributed by atoms with Gasteiger partial charge in [0.2, 0.25) is 0 Å². The Hall–Kier alpha value is -2.87. The molecule has 0 bridgehead atoms. The molecule has 1 amide bonds. The molecule has 0 atom stereocenters. The Morgan fingerprint density at radius 2 is 1.58 bits per heavy atom. The highest BCUT2D eigenvalue weighted by molar-refractivity contribution is 7.90. The predicted octanol–water partition coefficient (Wildman–Crippen LogP) is 1.95. The van der Waals surface area contributed by atoms with Crippen LogP contribution in [0.4, 0.5) is 11.4 Å². The van der Waals surface area contributed by atoms with Crippen LogP contribution in [0.1, 0.15) is 10.4 Å². The van der Waals surface area contributed by atoms with Crippen LogP contribution in [0.2, 0.25) is 0 Å². The summed E-state index contributed by atoms with van der Waals surface area (Å²) in [6, 6.07) is 12.5. The molecule has 1 N–H and O–H groups in total. The van der Waals surface area contributed by atoms with Gasteiger partial charge in [-0.1, -0.05) is 0 Å². The zero-order valence-electron chi connectivity index (χ0n) is 14.7. The maximum absolute atomic E-state index is 11.9. The van der Waals surface area contributed by atoms with Crippen LogP contribution in [0.15, 0.2) is 53.4 Å². The van der Waals surface area contributed by atoms with Crippen LogP contribution in [0.3, 0.4) is 0 Å². The van der Waals surface area contributed by atoms with Gasteiger partial charge >= 0.3 is 5.97 Å². The predicted molar refractivity (Wildman–Crippen MR) is 99.2 cm³/mol. The number of esters is 1. The molecule has 0 aliphatic carbocycles. The molecule has 7 nitrogen and oxygen atoms in total. The van der Waals surface area contributed by atoms with Gasteiger partial charge < -0.3 is 15.0 Å². The number of benzene rings is 2. The summed E-state index contributed by atoms with van der Waals surface area (Å²) in [5.74, 6) is -1.17. The number of carbonyl (C=O) groups is 2. The summed E-state index contributed by atoms with van der Waals surface area (Å²) < 4.78 is 27.7. The van der Waals surface area contributed by atoms with Crippen molar-refractivity contribution >= 4 is 33.1 Å². The Morgan fingerprint density at radius 3 is 2.08 bits per heavy atom. The quantitative estimate of drug-likeness (QED) is 0.775. The first kappa shape index (κ1) is 19.5. The molecule has 0 saturated carbocycles. The van der Waals surface area contributed by atoms with Crippen LogP contribution in [-0.4, -0.2) is 47.3 Å². The van der Waals surface area contributed by atoms with Crippen molar-refractivity contribution in [2.75, 3.05) is 37.2 Å². The molecule has 26 heavy (non-hydrogen) atoms. The summed E-state index contributed by atoms with van der Waals surface area (Å²) in [7, 11) is 0.491. The number of carbonyl (C=O) groups excluding carboxylic acids is 2. The van der Waals surface area contributed by atoms with Crippen molar-refractivity contribution in [1.29, 1.82) is 0 Å². The molecule has 0 spiro atoms. The van der Waals surface area contributed by atoms with E-state index in [2.05, 4.69) is 5.32 Å². The smallest absolute Gasteiger partial charge is 0.338 e. The third-order valence-corrected chi connectivity index (χ3v) is 4.65. The van der Waals surface area contributed by atoms with E-state index in [-0.39, 0.29) is 10.5 Å². The van der Waals surface area contributed by atoms with Crippen LogP contribution >= 0.6 is 0 Å². The van der Waals surface area contributed by atoms with Crippen molar-refractivity contribution in [2.24, 2.45) is 0 Å². The van der Waals surface area contributed by atoms with E-state index < -0.39 is 28.3 Å². The molecule has 2 aromatic rings. The zero-order valence-corrected chi connectivity index (χ0v) is 15.5. The summed E-state index contributed by atoms with van der Waals surface area (Å²) in [5, 5.41) is 2.63. The number of nitrogens with zero attached hydrogens (tertiary/aromatic N) is 1. The van der Waals surface area contributed by atoms with Gasteiger partial charge in [-0.05, 0) is 48.5 Å². The number of anilines is 2. The Kier molecular flexibility index (Phi) is 5.99. The first-order valence-corrected chi connectivity index (χ1v) is 9.60. The molecule has 138 valence electrons. The van der Waals surface area contributed by atoms with Crippen LogP contribution in [0.5, 0.6) is 0 Å². The molecule has 0 fully saturated rings. The van der Waals surface area contributed by atoms with Crippen molar-refractivity contribution in [2.45, 2.75) is 4.90 Å². The van der Waals surface area contributed by atoms with Gasteiger partial charge in [0.05, 0.1) is 10.5 Å². The highest BCUT2D eigenvalue weighted by Crippen LogP contribution is 2.15. The van der Waals surface area contributed by atoms with E-state index in [9.17, 15) is 18.0 Å². The second-order valence-electron chi connectivity index (χ2n) is 5.86. The fourth-order valence-electron chi connectivity index (χ4n) is 2.09. The van der Waals surface area contributed by atoms with Gasteiger partial charge in [0.25, 0.3) is 5.91 Å². The number of nitrogens with one attached hydrogen (secondary N) is 1. The fourth-order valence-corrected chi connectivity index (χ4v) is 2.72. The molecule has 2 rings (SSSR count). The summed E-state index contributed by atoms with van der Waals surface area (Å²) in [5.41, 5.74) is 1.75. The summed E-state index contributed by atoms with van der Waals surface area (Å²) in [6.45, 7) is -0.442. The lowest BCUT2D eigenvalue weighted by Gasteiger charge is -2.13. The van der Waals surface area contributed by atoms with Gasteiger partial charge in [0.1, 0.15) is 0 Å². The van der Waals surface area contributed by atoms with Gasteiger partial charge in [-0.3, -0.25) is 4.79 Å². The maximum Gasteiger partial charge on any atom is 0.338 e. The second kappa shape index (κ2) is 8.01.